The minimum Gasteiger partial charge on any atom is -0.489 e. The molecule has 0 aliphatic carbocycles. The SMILES string of the molecule is CCc1cccc(OC(=O)OC)c1COc1ccc(C)cc1. The Labute approximate surface area is 130 Å². The molecule has 116 valence electrons. The van der Waals surface area contributed by atoms with Gasteiger partial charge in [0.15, 0.2) is 0 Å². The van der Waals surface area contributed by atoms with Crippen molar-refractivity contribution in [3.63, 3.8) is 0 Å². The van der Waals surface area contributed by atoms with Crippen molar-refractivity contribution in [2.45, 2.75) is 26.9 Å². The summed E-state index contributed by atoms with van der Waals surface area (Å²) in [7, 11) is 1.29. The number of hydrogen-bond acceptors (Lipinski definition) is 4. The Morgan fingerprint density at radius 2 is 1.82 bits per heavy atom. The fourth-order valence-corrected chi connectivity index (χ4v) is 2.12. The number of benzene rings is 2. The van der Waals surface area contributed by atoms with Gasteiger partial charge in [-0.3, -0.25) is 0 Å². The van der Waals surface area contributed by atoms with Crippen LogP contribution in [0.1, 0.15) is 23.6 Å². The van der Waals surface area contributed by atoms with Gasteiger partial charge in [-0.15, -0.1) is 0 Å². The van der Waals surface area contributed by atoms with Crippen LogP contribution in [-0.2, 0) is 17.8 Å². The van der Waals surface area contributed by atoms with Crippen LogP contribution in [0.25, 0.3) is 0 Å². The zero-order chi connectivity index (χ0) is 15.9. The molecule has 0 fully saturated rings. The molecule has 0 aliphatic rings. The molecule has 0 spiro atoms. The topological polar surface area (TPSA) is 44.8 Å². The molecule has 4 nitrogen and oxygen atoms in total. The molecule has 2 aromatic carbocycles. The molecule has 0 unspecified atom stereocenters. The van der Waals surface area contributed by atoms with Gasteiger partial charge in [0.05, 0.1) is 7.11 Å². The maximum atomic E-state index is 11.4. The Kier molecular flexibility index (Phi) is 5.42. The second-order valence-corrected chi connectivity index (χ2v) is 4.91. The first-order chi connectivity index (χ1) is 10.6. The van der Waals surface area contributed by atoms with Crippen LogP contribution in [0, 0.1) is 6.92 Å². The quantitative estimate of drug-likeness (QED) is 0.610. The van der Waals surface area contributed by atoms with Crippen LogP contribution in [0.4, 0.5) is 4.79 Å². The van der Waals surface area contributed by atoms with E-state index in [0.29, 0.717) is 12.4 Å². The van der Waals surface area contributed by atoms with E-state index in [0.717, 1.165) is 23.3 Å². The van der Waals surface area contributed by atoms with Crippen molar-refractivity contribution in [2.24, 2.45) is 0 Å². The summed E-state index contributed by atoms with van der Waals surface area (Å²) in [5.74, 6) is 1.25. The van der Waals surface area contributed by atoms with Crippen molar-refractivity contribution < 1.29 is 19.0 Å². The number of hydrogen-bond donors (Lipinski definition) is 0. The summed E-state index contributed by atoms with van der Waals surface area (Å²) < 4.78 is 15.6. The molecule has 0 amide bonds. The van der Waals surface area contributed by atoms with E-state index >= 15 is 0 Å². The molecule has 0 saturated heterocycles. The third-order valence-corrected chi connectivity index (χ3v) is 3.38. The monoisotopic (exact) mass is 300 g/mol. The lowest BCUT2D eigenvalue weighted by Crippen LogP contribution is -2.11. The minimum atomic E-state index is -0.732. The smallest absolute Gasteiger partial charge is 0.489 e. The van der Waals surface area contributed by atoms with Crippen molar-refractivity contribution >= 4 is 6.16 Å². The van der Waals surface area contributed by atoms with Crippen molar-refractivity contribution in [3.05, 3.63) is 59.2 Å². The van der Waals surface area contributed by atoms with Crippen LogP contribution in [0.3, 0.4) is 0 Å². The summed E-state index contributed by atoms with van der Waals surface area (Å²) in [5.41, 5.74) is 3.11. The first kappa shape index (κ1) is 15.9. The lowest BCUT2D eigenvalue weighted by Gasteiger charge is -2.14. The number of ether oxygens (including phenoxy) is 3. The molecule has 0 radical (unpaired) electrons. The van der Waals surface area contributed by atoms with Crippen LogP contribution < -0.4 is 9.47 Å². The zero-order valence-corrected chi connectivity index (χ0v) is 13.1. The number of carbonyl (C=O) groups excluding carboxylic acids is 1. The van der Waals surface area contributed by atoms with E-state index in [-0.39, 0.29) is 0 Å². The molecule has 0 atom stereocenters. The number of aryl methyl sites for hydroxylation is 2. The van der Waals surface area contributed by atoms with Gasteiger partial charge in [-0.05, 0) is 37.1 Å². The average molecular weight is 300 g/mol. The predicted octanol–water partition coefficient (Wildman–Crippen LogP) is 4.28. The van der Waals surface area contributed by atoms with E-state index in [9.17, 15) is 4.79 Å². The van der Waals surface area contributed by atoms with Crippen LogP contribution in [0.15, 0.2) is 42.5 Å². The molecule has 0 aromatic heterocycles. The van der Waals surface area contributed by atoms with E-state index in [1.54, 1.807) is 6.07 Å². The lowest BCUT2D eigenvalue weighted by molar-refractivity contribution is 0.120. The fraction of sp³-hybridized carbons (Fsp3) is 0.278. The van der Waals surface area contributed by atoms with Crippen molar-refractivity contribution in [1.29, 1.82) is 0 Å². The average Bonchev–Trinajstić information content (AvgIpc) is 2.54. The minimum absolute atomic E-state index is 0.333. The lowest BCUT2D eigenvalue weighted by atomic mass is 10.0. The number of carbonyl (C=O) groups is 1. The summed E-state index contributed by atoms with van der Waals surface area (Å²) in [6.45, 7) is 4.41. The summed E-state index contributed by atoms with van der Waals surface area (Å²) in [5, 5.41) is 0. The van der Waals surface area contributed by atoms with Gasteiger partial charge in [-0.25, -0.2) is 4.79 Å². The molecule has 4 heteroatoms. The van der Waals surface area contributed by atoms with Crippen molar-refractivity contribution in [2.75, 3.05) is 7.11 Å². The Bertz CT molecular complexity index is 632. The van der Waals surface area contributed by atoms with E-state index in [2.05, 4.69) is 4.74 Å². The molecular formula is C18H20O4. The fourth-order valence-electron chi connectivity index (χ4n) is 2.12. The number of rotatable bonds is 5. The highest BCUT2D eigenvalue weighted by Gasteiger charge is 2.13. The third-order valence-electron chi connectivity index (χ3n) is 3.38. The Morgan fingerprint density at radius 1 is 1.09 bits per heavy atom. The Balaban J connectivity index is 2.19. The highest BCUT2D eigenvalue weighted by atomic mass is 16.7. The maximum Gasteiger partial charge on any atom is 0.513 e. The Morgan fingerprint density at radius 3 is 2.45 bits per heavy atom. The van der Waals surface area contributed by atoms with E-state index in [1.165, 1.54) is 12.7 Å². The molecule has 22 heavy (non-hydrogen) atoms. The molecule has 0 saturated carbocycles. The van der Waals surface area contributed by atoms with Gasteiger partial charge in [0.1, 0.15) is 18.1 Å². The third kappa shape index (κ3) is 4.01. The summed E-state index contributed by atoms with van der Waals surface area (Å²) in [6.07, 6.45) is 0.0927. The van der Waals surface area contributed by atoms with Gasteiger partial charge in [0.2, 0.25) is 0 Å². The maximum absolute atomic E-state index is 11.4. The number of methoxy groups -OCH3 is 1. The molecule has 2 aromatic rings. The van der Waals surface area contributed by atoms with E-state index < -0.39 is 6.16 Å². The largest absolute Gasteiger partial charge is 0.513 e. The second-order valence-electron chi connectivity index (χ2n) is 4.91. The first-order valence-electron chi connectivity index (χ1n) is 7.20. The predicted molar refractivity (Wildman–Crippen MR) is 84.4 cm³/mol. The highest BCUT2D eigenvalue weighted by molar-refractivity contribution is 5.64. The van der Waals surface area contributed by atoms with Crippen LogP contribution >= 0.6 is 0 Å². The van der Waals surface area contributed by atoms with Crippen LogP contribution in [0.5, 0.6) is 11.5 Å². The van der Waals surface area contributed by atoms with Gasteiger partial charge >= 0.3 is 6.16 Å². The van der Waals surface area contributed by atoms with Crippen LogP contribution in [0.2, 0.25) is 0 Å². The zero-order valence-electron chi connectivity index (χ0n) is 13.1. The normalized spacial score (nSPS) is 10.1. The molecule has 2 rings (SSSR count). The molecule has 0 heterocycles. The Hall–Kier alpha value is -2.49. The molecule has 0 bridgehead atoms. The van der Waals surface area contributed by atoms with Crippen molar-refractivity contribution in [1.82, 2.24) is 0 Å². The van der Waals surface area contributed by atoms with Gasteiger partial charge in [-0.1, -0.05) is 36.8 Å². The van der Waals surface area contributed by atoms with E-state index in [4.69, 9.17) is 9.47 Å². The van der Waals surface area contributed by atoms with Gasteiger partial charge < -0.3 is 14.2 Å². The summed E-state index contributed by atoms with van der Waals surface area (Å²) in [4.78, 5) is 11.4. The summed E-state index contributed by atoms with van der Waals surface area (Å²) >= 11 is 0. The molecule has 0 aliphatic heterocycles. The van der Waals surface area contributed by atoms with Gasteiger partial charge in [0.25, 0.3) is 0 Å². The standard InChI is InChI=1S/C18H20O4/c1-4-14-6-5-7-17(22-18(19)20-3)16(14)12-21-15-10-8-13(2)9-11-15/h5-11H,4,12H2,1-3H3. The van der Waals surface area contributed by atoms with Gasteiger partial charge in [-0.2, -0.15) is 0 Å². The van der Waals surface area contributed by atoms with E-state index in [1.807, 2.05) is 50.2 Å². The first-order valence-corrected chi connectivity index (χ1v) is 7.20. The molecule has 0 N–H and O–H groups in total. The van der Waals surface area contributed by atoms with Crippen LogP contribution in [-0.4, -0.2) is 13.3 Å². The molecular weight excluding hydrogens is 280 g/mol. The summed E-state index contributed by atoms with van der Waals surface area (Å²) in [6, 6.07) is 13.4. The highest BCUT2D eigenvalue weighted by Crippen LogP contribution is 2.25. The second kappa shape index (κ2) is 7.50. The van der Waals surface area contributed by atoms with Crippen molar-refractivity contribution in [3.8, 4) is 11.5 Å². The van der Waals surface area contributed by atoms with Gasteiger partial charge in [0, 0.05) is 5.56 Å².